The number of hydrogen-bond acceptors (Lipinski definition) is 4. The van der Waals surface area contributed by atoms with Crippen molar-refractivity contribution in [3.8, 4) is 0 Å². The van der Waals surface area contributed by atoms with Crippen LogP contribution < -0.4 is 5.32 Å². The summed E-state index contributed by atoms with van der Waals surface area (Å²) in [4.78, 5) is 40.4. The minimum atomic E-state index is -0.994. The van der Waals surface area contributed by atoms with Crippen molar-refractivity contribution in [2.24, 2.45) is 5.41 Å². The molecule has 1 aliphatic heterocycles. The van der Waals surface area contributed by atoms with Gasteiger partial charge in [0.2, 0.25) is 11.8 Å². The van der Waals surface area contributed by atoms with Gasteiger partial charge in [-0.2, -0.15) is 0 Å². The van der Waals surface area contributed by atoms with E-state index in [-0.39, 0.29) is 30.3 Å². The van der Waals surface area contributed by atoms with Crippen LogP contribution in [-0.2, 0) is 20.9 Å². The number of carbonyl (C=O) groups is 3. The molecule has 1 aliphatic carbocycles. The number of rotatable bonds is 5. The van der Waals surface area contributed by atoms with E-state index in [1.165, 1.54) is 12.1 Å². The fourth-order valence-corrected chi connectivity index (χ4v) is 3.23. The third-order valence-electron chi connectivity index (χ3n) is 5.05. The first-order chi connectivity index (χ1) is 13.0. The lowest BCUT2D eigenvalue weighted by molar-refractivity contribution is -0.145. The maximum absolute atomic E-state index is 12.9. The van der Waals surface area contributed by atoms with Crippen LogP contribution in [0.2, 0.25) is 0 Å². The van der Waals surface area contributed by atoms with Crippen molar-refractivity contribution < 1.29 is 23.5 Å². The van der Waals surface area contributed by atoms with Crippen LogP contribution in [0.3, 0.4) is 0 Å². The highest BCUT2D eigenvalue weighted by atomic mass is 19.1. The third kappa shape index (κ3) is 4.20. The molecular weight excluding hydrogens is 353 g/mol. The van der Waals surface area contributed by atoms with Crippen LogP contribution in [-0.4, -0.2) is 60.5 Å². The molecule has 0 aromatic heterocycles. The molecule has 8 heteroatoms. The summed E-state index contributed by atoms with van der Waals surface area (Å²) in [5.41, 5.74) is -0.220. The Balaban J connectivity index is 1.52. The minimum Gasteiger partial charge on any atom is -0.450 e. The molecule has 2 aliphatic rings. The van der Waals surface area contributed by atoms with Gasteiger partial charge in [0.25, 0.3) is 0 Å². The maximum Gasteiger partial charge on any atom is 0.409 e. The lowest BCUT2D eigenvalue weighted by Gasteiger charge is -2.35. The number of nitrogens with zero attached hydrogens (tertiary/aromatic N) is 2. The molecule has 27 heavy (non-hydrogen) atoms. The Labute approximate surface area is 157 Å². The second-order valence-electron chi connectivity index (χ2n) is 6.87. The van der Waals surface area contributed by atoms with Gasteiger partial charge in [-0.25, -0.2) is 9.18 Å². The number of ether oxygens (including phenoxy) is 1. The maximum atomic E-state index is 12.9. The molecule has 3 rings (SSSR count). The van der Waals surface area contributed by atoms with Crippen LogP contribution in [0.4, 0.5) is 9.18 Å². The summed E-state index contributed by atoms with van der Waals surface area (Å²) >= 11 is 0. The van der Waals surface area contributed by atoms with E-state index >= 15 is 0 Å². The van der Waals surface area contributed by atoms with Gasteiger partial charge in [0.1, 0.15) is 11.2 Å². The Kier molecular flexibility index (Phi) is 5.62. The van der Waals surface area contributed by atoms with Gasteiger partial charge in [-0.05, 0) is 37.5 Å². The van der Waals surface area contributed by atoms with Gasteiger partial charge >= 0.3 is 6.09 Å². The van der Waals surface area contributed by atoms with Crippen molar-refractivity contribution >= 4 is 17.9 Å². The van der Waals surface area contributed by atoms with Gasteiger partial charge in [0.15, 0.2) is 0 Å². The quantitative estimate of drug-likeness (QED) is 0.790. The van der Waals surface area contributed by atoms with E-state index in [0.29, 0.717) is 45.6 Å². The molecule has 1 saturated heterocycles. The average Bonchev–Trinajstić information content (AvgIpc) is 3.49. The van der Waals surface area contributed by atoms with Crippen LogP contribution in [0.5, 0.6) is 0 Å². The first kappa shape index (κ1) is 19.1. The normalized spacial score (nSPS) is 18.0. The lowest BCUT2D eigenvalue weighted by Crippen LogP contribution is -2.54. The van der Waals surface area contributed by atoms with Gasteiger partial charge < -0.3 is 19.9 Å². The molecule has 146 valence electrons. The Bertz CT molecular complexity index is 710. The molecule has 0 spiro atoms. The summed E-state index contributed by atoms with van der Waals surface area (Å²) in [6.07, 6.45) is 0.681. The SMILES string of the molecule is CCOC(=O)N1CCN(C(=O)C2(C(=O)NCc3ccc(F)cc3)CC2)CC1. The first-order valence-corrected chi connectivity index (χ1v) is 9.20. The van der Waals surface area contributed by atoms with Gasteiger partial charge in [-0.1, -0.05) is 12.1 Å². The van der Waals surface area contributed by atoms with E-state index in [1.807, 2.05) is 0 Å². The highest BCUT2D eigenvalue weighted by Crippen LogP contribution is 2.47. The number of carbonyl (C=O) groups excluding carboxylic acids is 3. The summed E-state index contributed by atoms with van der Waals surface area (Å²) in [6, 6.07) is 5.88. The fourth-order valence-electron chi connectivity index (χ4n) is 3.23. The molecule has 0 atom stereocenters. The van der Waals surface area contributed by atoms with E-state index in [2.05, 4.69) is 5.32 Å². The zero-order valence-corrected chi connectivity index (χ0v) is 15.4. The second-order valence-corrected chi connectivity index (χ2v) is 6.87. The monoisotopic (exact) mass is 377 g/mol. The first-order valence-electron chi connectivity index (χ1n) is 9.20. The molecule has 1 heterocycles. The molecule has 1 N–H and O–H groups in total. The van der Waals surface area contributed by atoms with Crippen LogP contribution in [0.15, 0.2) is 24.3 Å². The molecule has 1 aromatic carbocycles. The summed E-state index contributed by atoms with van der Waals surface area (Å²) in [5.74, 6) is -0.798. The highest BCUT2D eigenvalue weighted by Gasteiger charge is 2.58. The van der Waals surface area contributed by atoms with E-state index in [0.717, 1.165) is 5.56 Å². The minimum absolute atomic E-state index is 0.178. The summed E-state index contributed by atoms with van der Waals surface area (Å²) < 4.78 is 17.9. The van der Waals surface area contributed by atoms with Gasteiger partial charge in [-0.3, -0.25) is 9.59 Å². The van der Waals surface area contributed by atoms with Crippen molar-refractivity contribution in [3.63, 3.8) is 0 Å². The summed E-state index contributed by atoms with van der Waals surface area (Å²) in [5, 5.41) is 2.79. The predicted molar refractivity (Wildman–Crippen MR) is 95.1 cm³/mol. The number of halogens is 1. The molecule has 3 amide bonds. The smallest absolute Gasteiger partial charge is 0.409 e. The number of benzene rings is 1. The molecule has 2 fully saturated rings. The largest absolute Gasteiger partial charge is 0.450 e. The van der Waals surface area contributed by atoms with Crippen molar-refractivity contribution in [2.45, 2.75) is 26.3 Å². The molecule has 7 nitrogen and oxygen atoms in total. The van der Waals surface area contributed by atoms with E-state index < -0.39 is 5.41 Å². The van der Waals surface area contributed by atoms with Crippen LogP contribution in [0.25, 0.3) is 0 Å². The highest BCUT2D eigenvalue weighted by molar-refractivity contribution is 6.07. The van der Waals surface area contributed by atoms with E-state index in [4.69, 9.17) is 4.74 Å². The molecular formula is C19H24FN3O4. The Morgan fingerprint density at radius 1 is 1.07 bits per heavy atom. The molecule has 0 bridgehead atoms. The lowest BCUT2D eigenvalue weighted by atomic mass is 10.0. The van der Waals surface area contributed by atoms with Crippen molar-refractivity contribution in [1.29, 1.82) is 0 Å². The van der Waals surface area contributed by atoms with E-state index in [9.17, 15) is 18.8 Å². The summed E-state index contributed by atoms with van der Waals surface area (Å²) in [7, 11) is 0. The zero-order chi connectivity index (χ0) is 19.4. The fraction of sp³-hybridized carbons (Fsp3) is 0.526. The van der Waals surface area contributed by atoms with Crippen LogP contribution >= 0.6 is 0 Å². The predicted octanol–water partition coefficient (Wildman–Crippen LogP) is 1.52. The Hall–Kier alpha value is -2.64. The molecule has 1 saturated carbocycles. The van der Waals surface area contributed by atoms with Gasteiger partial charge in [0.05, 0.1) is 6.61 Å². The number of nitrogens with one attached hydrogen (secondary N) is 1. The summed E-state index contributed by atoms with van der Waals surface area (Å²) in [6.45, 7) is 3.91. The third-order valence-corrected chi connectivity index (χ3v) is 5.05. The second kappa shape index (κ2) is 7.94. The topological polar surface area (TPSA) is 79.0 Å². The number of amides is 3. The number of piperazine rings is 1. The molecule has 1 aromatic rings. The van der Waals surface area contributed by atoms with Crippen molar-refractivity contribution in [3.05, 3.63) is 35.6 Å². The van der Waals surface area contributed by atoms with Crippen molar-refractivity contribution in [2.75, 3.05) is 32.8 Å². The van der Waals surface area contributed by atoms with Crippen LogP contribution in [0.1, 0.15) is 25.3 Å². The zero-order valence-electron chi connectivity index (χ0n) is 15.4. The van der Waals surface area contributed by atoms with Crippen molar-refractivity contribution in [1.82, 2.24) is 15.1 Å². The van der Waals surface area contributed by atoms with E-state index in [1.54, 1.807) is 28.9 Å². The average molecular weight is 377 g/mol. The molecule has 0 radical (unpaired) electrons. The van der Waals surface area contributed by atoms with Crippen LogP contribution in [0, 0.1) is 11.2 Å². The Morgan fingerprint density at radius 3 is 2.22 bits per heavy atom. The van der Waals surface area contributed by atoms with Gasteiger partial charge in [-0.15, -0.1) is 0 Å². The Morgan fingerprint density at radius 2 is 1.67 bits per heavy atom. The standard InChI is InChI=1S/C19H24FN3O4/c1-2-27-18(26)23-11-9-22(10-12-23)17(25)19(7-8-19)16(24)21-13-14-3-5-15(20)6-4-14/h3-6H,2,7-13H2,1H3,(H,21,24). The number of hydrogen-bond donors (Lipinski definition) is 1. The molecule has 0 unspecified atom stereocenters. The van der Waals surface area contributed by atoms with Gasteiger partial charge in [0, 0.05) is 32.7 Å².